The molecule has 1 aromatic carbocycles. The number of nitrogens with two attached hydrogens (primary N) is 1. The average molecular weight is 475 g/mol. The lowest BCUT2D eigenvalue weighted by Gasteiger charge is -2.47. The van der Waals surface area contributed by atoms with Gasteiger partial charge in [-0.15, -0.1) is 0 Å². The van der Waals surface area contributed by atoms with Crippen molar-refractivity contribution in [1.29, 1.82) is 0 Å². The highest BCUT2D eigenvalue weighted by Crippen LogP contribution is 2.48. The van der Waals surface area contributed by atoms with Crippen LogP contribution in [0.3, 0.4) is 0 Å². The summed E-state index contributed by atoms with van der Waals surface area (Å²) in [5, 5.41) is 0. The first kappa shape index (κ1) is 21.4. The van der Waals surface area contributed by atoms with Gasteiger partial charge in [-0.25, -0.2) is 4.79 Å². The molecular formula is C20H30INO4. The predicted octanol–water partition coefficient (Wildman–Crippen LogP) is 4.81. The molecule has 0 radical (unpaired) electrons. The quantitative estimate of drug-likeness (QED) is 0.433. The minimum absolute atomic E-state index is 0.0391. The van der Waals surface area contributed by atoms with Crippen molar-refractivity contribution >= 4 is 28.7 Å². The van der Waals surface area contributed by atoms with Gasteiger partial charge < -0.3 is 19.9 Å². The van der Waals surface area contributed by atoms with Crippen molar-refractivity contribution in [3.8, 4) is 0 Å². The van der Waals surface area contributed by atoms with Crippen LogP contribution in [0.25, 0.3) is 0 Å². The molecule has 5 nitrogen and oxygen atoms in total. The molecule has 2 N–H and O–H groups in total. The van der Waals surface area contributed by atoms with Crippen LogP contribution >= 0.6 is 22.6 Å². The van der Waals surface area contributed by atoms with E-state index in [-0.39, 0.29) is 18.8 Å². The average Bonchev–Trinajstić information content (AvgIpc) is 2.59. The van der Waals surface area contributed by atoms with Crippen LogP contribution in [-0.2, 0) is 19.8 Å². The highest BCUT2D eigenvalue weighted by atomic mass is 127. The second kappa shape index (κ2) is 9.90. The minimum atomic E-state index is -0.713. The van der Waals surface area contributed by atoms with E-state index in [1.807, 2.05) is 12.1 Å². The van der Waals surface area contributed by atoms with Crippen molar-refractivity contribution in [3.05, 3.63) is 33.4 Å². The second-order valence-electron chi connectivity index (χ2n) is 7.38. The number of hydrogen-bond acceptors (Lipinski definition) is 4. The number of amides is 1. The Morgan fingerprint density at radius 3 is 2.62 bits per heavy atom. The summed E-state index contributed by atoms with van der Waals surface area (Å²) in [4.78, 5) is 11.5. The van der Waals surface area contributed by atoms with Gasteiger partial charge in [0.2, 0.25) is 0 Å². The van der Waals surface area contributed by atoms with E-state index in [1.165, 1.54) is 0 Å². The molecule has 26 heavy (non-hydrogen) atoms. The molecule has 6 heteroatoms. The first-order valence-corrected chi connectivity index (χ1v) is 10.3. The van der Waals surface area contributed by atoms with Gasteiger partial charge in [-0.2, -0.15) is 0 Å². The summed E-state index contributed by atoms with van der Waals surface area (Å²) in [5.74, 6) is 0.441. The number of carbonyl (C=O) groups excluding carboxylic acids is 1. The summed E-state index contributed by atoms with van der Waals surface area (Å²) in [6.45, 7) is 4.57. The van der Waals surface area contributed by atoms with E-state index in [0.29, 0.717) is 5.92 Å². The molecule has 146 valence electrons. The number of ether oxygens (including phenoxy) is 3. The Morgan fingerprint density at radius 1 is 1.31 bits per heavy atom. The van der Waals surface area contributed by atoms with Crippen molar-refractivity contribution in [2.75, 3.05) is 13.9 Å². The maximum absolute atomic E-state index is 11.5. The van der Waals surface area contributed by atoms with Crippen LogP contribution in [0.4, 0.5) is 4.79 Å². The molecule has 1 aromatic rings. The van der Waals surface area contributed by atoms with E-state index in [2.05, 4.69) is 48.6 Å². The van der Waals surface area contributed by atoms with Crippen LogP contribution < -0.4 is 5.73 Å². The van der Waals surface area contributed by atoms with Gasteiger partial charge in [0.15, 0.2) is 0 Å². The van der Waals surface area contributed by atoms with Crippen molar-refractivity contribution in [2.24, 2.45) is 17.6 Å². The minimum Gasteiger partial charge on any atom is -0.446 e. The zero-order valence-electron chi connectivity index (χ0n) is 15.9. The Balaban J connectivity index is 2.55. The molecule has 0 bridgehead atoms. The molecule has 2 rings (SSSR count). The lowest BCUT2D eigenvalue weighted by Crippen LogP contribution is -2.49. The standard InChI is InChI=1S/C20H30INO4/c1-14(2)12-20(25-13-24-3,15-8-4-6-10-17(15)21)16-9-5-7-11-18(16)26-19(22)23/h4,6,8,10,14,16,18H,5,7,9,11-13H2,1-3H3,(H2,22,23). The fourth-order valence-electron chi connectivity index (χ4n) is 4.20. The van der Waals surface area contributed by atoms with Gasteiger partial charge >= 0.3 is 6.09 Å². The number of carbonyl (C=O) groups is 1. The molecule has 1 aliphatic carbocycles. The SMILES string of the molecule is COCOC(CC(C)C)(c1ccccc1I)C1CCCCC1OC(N)=O. The normalized spacial score (nSPS) is 22.8. The van der Waals surface area contributed by atoms with Crippen molar-refractivity contribution in [3.63, 3.8) is 0 Å². The Kier molecular flexibility index (Phi) is 8.16. The molecule has 3 atom stereocenters. The number of rotatable bonds is 8. The third-order valence-electron chi connectivity index (χ3n) is 5.04. The molecule has 1 saturated carbocycles. The summed E-state index contributed by atoms with van der Waals surface area (Å²) in [6.07, 6.45) is 3.72. The summed E-state index contributed by atoms with van der Waals surface area (Å²) < 4.78 is 18.4. The topological polar surface area (TPSA) is 70.8 Å². The molecule has 0 heterocycles. The third kappa shape index (κ3) is 5.10. The van der Waals surface area contributed by atoms with Gasteiger partial charge in [0, 0.05) is 16.6 Å². The smallest absolute Gasteiger partial charge is 0.404 e. The summed E-state index contributed by atoms with van der Waals surface area (Å²) in [7, 11) is 1.63. The summed E-state index contributed by atoms with van der Waals surface area (Å²) >= 11 is 2.36. The van der Waals surface area contributed by atoms with E-state index in [9.17, 15) is 4.79 Å². The van der Waals surface area contributed by atoms with E-state index < -0.39 is 11.7 Å². The zero-order chi connectivity index (χ0) is 19.2. The number of primary amides is 1. The molecular weight excluding hydrogens is 445 g/mol. The van der Waals surface area contributed by atoms with Crippen LogP contribution in [-0.4, -0.2) is 26.1 Å². The fourth-order valence-corrected chi connectivity index (χ4v) is 5.04. The third-order valence-corrected chi connectivity index (χ3v) is 5.99. The summed E-state index contributed by atoms with van der Waals surface area (Å²) in [5.41, 5.74) is 5.93. The Bertz CT molecular complexity index is 595. The Hall–Kier alpha value is -0.860. The highest BCUT2D eigenvalue weighted by Gasteiger charge is 2.48. The van der Waals surface area contributed by atoms with Crippen molar-refractivity contribution < 1.29 is 19.0 Å². The molecule has 0 aromatic heterocycles. The summed E-state index contributed by atoms with van der Waals surface area (Å²) in [6, 6.07) is 8.28. The molecule has 0 saturated heterocycles. The van der Waals surface area contributed by atoms with Crippen molar-refractivity contribution in [2.45, 2.75) is 57.7 Å². The maximum atomic E-state index is 11.5. The van der Waals surface area contributed by atoms with Crippen LogP contribution in [0.2, 0.25) is 0 Å². The Labute approximate surface area is 170 Å². The van der Waals surface area contributed by atoms with Gasteiger partial charge in [0.1, 0.15) is 18.5 Å². The number of halogens is 1. The molecule has 1 amide bonds. The second-order valence-corrected chi connectivity index (χ2v) is 8.55. The van der Waals surface area contributed by atoms with Gasteiger partial charge in [-0.1, -0.05) is 38.5 Å². The monoisotopic (exact) mass is 475 g/mol. The molecule has 3 unspecified atom stereocenters. The van der Waals surface area contributed by atoms with Gasteiger partial charge in [-0.05, 0) is 65.8 Å². The molecule has 0 aliphatic heterocycles. The first-order chi connectivity index (χ1) is 12.4. The lowest BCUT2D eigenvalue weighted by atomic mass is 9.68. The van der Waals surface area contributed by atoms with Gasteiger partial charge in [-0.3, -0.25) is 0 Å². The van der Waals surface area contributed by atoms with Gasteiger partial charge in [0.05, 0.1) is 0 Å². The molecule has 1 aliphatic rings. The number of benzene rings is 1. The largest absolute Gasteiger partial charge is 0.446 e. The number of methoxy groups -OCH3 is 1. The van der Waals surface area contributed by atoms with Crippen LogP contribution in [0.15, 0.2) is 24.3 Å². The zero-order valence-corrected chi connectivity index (χ0v) is 18.0. The van der Waals surface area contributed by atoms with Crippen LogP contribution in [0.5, 0.6) is 0 Å². The predicted molar refractivity (Wildman–Crippen MR) is 110 cm³/mol. The molecule has 0 spiro atoms. The fraction of sp³-hybridized carbons (Fsp3) is 0.650. The maximum Gasteiger partial charge on any atom is 0.404 e. The first-order valence-electron chi connectivity index (χ1n) is 9.24. The van der Waals surface area contributed by atoms with Gasteiger partial charge in [0.25, 0.3) is 0 Å². The highest BCUT2D eigenvalue weighted by molar-refractivity contribution is 14.1. The van der Waals surface area contributed by atoms with Crippen molar-refractivity contribution in [1.82, 2.24) is 0 Å². The Morgan fingerprint density at radius 2 is 2.00 bits per heavy atom. The van der Waals surface area contributed by atoms with E-state index in [1.54, 1.807) is 7.11 Å². The molecule has 1 fully saturated rings. The van der Waals surface area contributed by atoms with Crippen LogP contribution in [0, 0.1) is 15.4 Å². The van der Waals surface area contributed by atoms with E-state index in [0.717, 1.165) is 41.2 Å². The van der Waals surface area contributed by atoms with E-state index >= 15 is 0 Å². The lowest BCUT2D eigenvalue weighted by molar-refractivity contribution is -0.194. The number of hydrogen-bond donors (Lipinski definition) is 1. The van der Waals surface area contributed by atoms with E-state index in [4.69, 9.17) is 19.9 Å². The van der Waals surface area contributed by atoms with Crippen LogP contribution in [0.1, 0.15) is 51.5 Å².